The molecule has 0 saturated carbocycles. The van der Waals surface area contributed by atoms with Gasteiger partial charge in [-0.25, -0.2) is 0 Å². The van der Waals surface area contributed by atoms with Gasteiger partial charge in [0.2, 0.25) is 0 Å². The average Bonchev–Trinajstić information content (AvgIpc) is 2.94. The maximum absolute atomic E-state index is 11.5. The van der Waals surface area contributed by atoms with Crippen molar-refractivity contribution in [1.82, 2.24) is 0 Å². The Bertz CT molecular complexity index is 1440. The van der Waals surface area contributed by atoms with Crippen LogP contribution in [0.5, 0.6) is 0 Å². The summed E-state index contributed by atoms with van der Waals surface area (Å²) >= 11 is -5.18. The molecule has 0 aliphatic carbocycles. The number of anilines is 2. The van der Waals surface area contributed by atoms with Crippen molar-refractivity contribution in [2.75, 3.05) is 10.6 Å². The van der Waals surface area contributed by atoms with E-state index in [0.29, 0.717) is 11.4 Å². The summed E-state index contributed by atoms with van der Waals surface area (Å²) in [5.41, 5.74) is 1.17. The third-order valence-electron chi connectivity index (χ3n) is 5.60. The Morgan fingerprint density at radius 3 is 1.07 bits per heavy atom. The van der Waals surface area contributed by atoms with Crippen LogP contribution in [0.15, 0.2) is 97.1 Å². The molecular weight excluding hydrogens is 654 g/mol. The summed E-state index contributed by atoms with van der Waals surface area (Å²) < 4.78 is 10.4. The molecule has 0 saturated heterocycles. The zero-order valence-corrected chi connectivity index (χ0v) is 25.6. The SMILES string of the molecule is CC(=O)Nc1ccc([As](O[As](c2ccc(NC(C)=O)cc2)c2ccc([N+](=O)[O-])cc2)c2ccc([N+](=O)[O-])cc2)cc1. The van der Waals surface area contributed by atoms with E-state index in [1.54, 1.807) is 48.5 Å². The molecule has 41 heavy (non-hydrogen) atoms. The van der Waals surface area contributed by atoms with Crippen LogP contribution in [-0.2, 0) is 12.3 Å². The van der Waals surface area contributed by atoms with E-state index < -0.39 is 39.8 Å². The number of hydrogen-bond donors (Lipinski definition) is 2. The van der Waals surface area contributed by atoms with Gasteiger partial charge >= 0.3 is 246 Å². The Labute approximate surface area is 245 Å². The minimum absolute atomic E-state index is 0.0398. The molecule has 0 radical (unpaired) electrons. The molecule has 4 aromatic carbocycles. The Morgan fingerprint density at radius 1 is 0.561 bits per heavy atom. The van der Waals surface area contributed by atoms with Gasteiger partial charge in [0, 0.05) is 0 Å². The second-order valence-electron chi connectivity index (χ2n) is 8.67. The van der Waals surface area contributed by atoms with Gasteiger partial charge in [-0.05, 0) is 0 Å². The van der Waals surface area contributed by atoms with E-state index in [1.807, 2.05) is 24.3 Å². The van der Waals surface area contributed by atoms with Crippen molar-refractivity contribution in [3.8, 4) is 0 Å². The molecule has 11 nitrogen and oxygen atoms in total. The van der Waals surface area contributed by atoms with Crippen molar-refractivity contribution < 1.29 is 22.2 Å². The molecule has 2 unspecified atom stereocenters. The van der Waals surface area contributed by atoms with Crippen molar-refractivity contribution >= 4 is 82.0 Å². The van der Waals surface area contributed by atoms with E-state index in [2.05, 4.69) is 10.6 Å². The first kappa shape index (κ1) is 29.7. The van der Waals surface area contributed by atoms with Gasteiger partial charge in [-0.3, -0.25) is 0 Å². The number of nitro benzene ring substituents is 2. The fraction of sp³-hybridized carbons (Fsp3) is 0.0714. The van der Waals surface area contributed by atoms with Crippen molar-refractivity contribution in [3.63, 3.8) is 0 Å². The third kappa shape index (κ3) is 7.89. The molecule has 4 rings (SSSR count). The van der Waals surface area contributed by atoms with Crippen LogP contribution >= 0.6 is 0 Å². The summed E-state index contributed by atoms with van der Waals surface area (Å²) in [4.78, 5) is 44.6. The molecule has 2 amide bonds. The van der Waals surface area contributed by atoms with E-state index in [1.165, 1.54) is 38.1 Å². The van der Waals surface area contributed by atoms with E-state index >= 15 is 0 Å². The number of hydrogen-bond acceptors (Lipinski definition) is 7. The molecular formula is C28H24As2N4O7. The molecule has 0 spiro atoms. The number of rotatable bonds is 10. The van der Waals surface area contributed by atoms with E-state index in [0.717, 1.165) is 17.4 Å². The predicted molar refractivity (Wildman–Crippen MR) is 159 cm³/mol. The summed E-state index contributed by atoms with van der Waals surface area (Å²) in [5.74, 6) is -0.403. The molecule has 0 aromatic heterocycles. The second-order valence-corrected chi connectivity index (χ2v) is 17.6. The number of non-ortho nitro benzene ring substituents is 2. The van der Waals surface area contributed by atoms with E-state index in [9.17, 15) is 29.8 Å². The van der Waals surface area contributed by atoms with E-state index in [4.69, 9.17) is 2.72 Å². The van der Waals surface area contributed by atoms with Crippen LogP contribution in [0.1, 0.15) is 13.8 Å². The summed E-state index contributed by atoms with van der Waals surface area (Å²) in [6.45, 7) is 2.84. The molecule has 13 heteroatoms. The number of amides is 2. The summed E-state index contributed by atoms with van der Waals surface area (Å²) in [5, 5.41) is 28.0. The van der Waals surface area contributed by atoms with Gasteiger partial charge < -0.3 is 0 Å². The standard InChI is InChI=1S/C28H24As2N4O7/c1-19(35)31-25-11-3-21(4-12-25)29(23-7-15-27(16-8-23)33(37)38)41-30(24-9-17-28(18-10-24)34(39)40)22-5-13-26(14-6-22)32-20(2)36/h3-18H,1-2H3,(H,31,35)(H,32,36). The molecule has 208 valence electrons. The Kier molecular flexibility index (Phi) is 9.68. The number of nitrogens with zero attached hydrogens (tertiary/aromatic N) is 2. The Morgan fingerprint density at radius 2 is 0.829 bits per heavy atom. The molecule has 2 atom stereocenters. The first-order chi connectivity index (χ1) is 19.6. The summed E-state index contributed by atoms with van der Waals surface area (Å²) in [6.07, 6.45) is 0. The first-order valence-corrected chi connectivity index (χ1v) is 17.4. The number of nitro groups is 2. The number of benzene rings is 4. The van der Waals surface area contributed by atoms with Gasteiger partial charge in [0.1, 0.15) is 0 Å². The molecule has 2 N–H and O–H groups in total. The molecule has 0 aliphatic rings. The quantitative estimate of drug-likeness (QED) is 0.148. The van der Waals surface area contributed by atoms with Gasteiger partial charge in [0.25, 0.3) is 0 Å². The monoisotopic (exact) mass is 678 g/mol. The second kappa shape index (κ2) is 13.4. The fourth-order valence-electron chi connectivity index (χ4n) is 3.75. The van der Waals surface area contributed by atoms with Crippen LogP contribution < -0.4 is 28.0 Å². The number of nitrogens with one attached hydrogen (secondary N) is 2. The molecule has 0 fully saturated rings. The van der Waals surface area contributed by atoms with Gasteiger partial charge in [-0.2, -0.15) is 0 Å². The summed E-state index contributed by atoms with van der Waals surface area (Å²) in [6, 6.07) is 27.1. The van der Waals surface area contributed by atoms with Crippen LogP contribution in [0.25, 0.3) is 0 Å². The van der Waals surface area contributed by atoms with Crippen LogP contribution in [0.3, 0.4) is 0 Å². The van der Waals surface area contributed by atoms with Crippen LogP contribution in [-0.4, -0.2) is 51.6 Å². The van der Waals surface area contributed by atoms with Crippen molar-refractivity contribution in [2.24, 2.45) is 0 Å². The maximum atomic E-state index is 11.5. The Hall–Kier alpha value is -4.30. The van der Waals surface area contributed by atoms with Crippen LogP contribution in [0.2, 0.25) is 0 Å². The van der Waals surface area contributed by atoms with Crippen molar-refractivity contribution in [3.05, 3.63) is 117 Å². The third-order valence-corrected chi connectivity index (χ3v) is 16.3. The van der Waals surface area contributed by atoms with Gasteiger partial charge in [0.15, 0.2) is 0 Å². The predicted octanol–water partition coefficient (Wildman–Crippen LogP) is 2.35. The Balaban J connectivity index is 1.79. The minimum atomic E-state index is -2.59. The normalized spacial score (nSPS) is 12.1. The van der Waals surface area contributed by atoms with Crippen molar-refractivity contribution in [1.29, 1.82) is 0 Å². The zero-order chi connectivity index (χ0) is 29.5. The van der Waals surface area contributed by atoms with Crippen LogP contribution in [0, 0.1) is 20.2 Å². The van der Waals surface area contributed by atoms with Gasteiger partial charge in [-0.1, -0.05) is 0 Å². The fourth-order valence-corrected chi connectivity index (χ4v) is 15.6. The summed E-state index contributed by atoms with van der Waals surface area (Å²) in [7, 11) is 0. The topological polar surface area (TPSA) is 154 Å². The molecule has 0 aliphatic heterocycles. The van der Waals surface area contributed by atoms with Gasteiger partial charge in [0.05, 0.1) is 0 Å². The van der Waals surface area contributed by atoms with Crippen LogP contribution in [0.4, 0.5) is 22.7 Å². The molecule has 4 aromatic rings. The zero-order valence-electron chi connectivity index (χ0n) is 21.9. The molecule has 0 bridgehead atoms. The van der Waals surface area contributed by atoms with Gasteiger partial charge in [-0.15, -0.1) is 0 Å². The molecule has 0 heterocycles. The number of carbonyl (C=O) groups is 2. The van der Waals surface area contributed by atoms with Crippen molar-refractivity contribution in [2.45, 2.75) is 13.8 Å². The average molecular weight is 678 g/mol. The first-order valence-electron chi connectivity index (χ1n) is 12.1. The number of carbonyl (C=O) groups excluding carboxylic acids is 2. The van der Waals surface area contributed by atoms with E-state index in [-0.39, 0.29) is 23.2 Å².